The van der Waals surface area contributed by atoms with Crippen LogP contribution in [-0.4, -0.2) is 21.2 Å². The fraction of sp³-hybridized carbons (Fsp3) is 0.462. The first kappa shape index (κ1) is 12.5. The minimum Gasteiger partial charge on any atom is -0.328 e. The Balaban J connectivity index is 1.95. The van der Waals surface area contributed by atoms with Gasteiger partial charge in [0.25, 0.3) is 0 Å². The van der Waals surface area contributed by atoms with Crippen LogP contribution in [0.25, 0.3) is 5.65 Å². The van der Waals surface area contributed by atoms with Gasteiger partial charge in [0.05, 0.1) is 5.69 Å². The van der Waals surface area contributed by atoms with Crippen LogP contribution in [0.15, 0.2) is 24.5 Å². The Bertz CT molecular complexity index is 490. The molecule has 4 heteroatoms. The van der Waals surface area contributed by atoms with Crippen LogP contribution < -0.4 is 5.73 Å². The highest BCUT2D eigenvalue weighted by Gasteiger charge is 2.02. The molecule has 2 aromatic rings. The van der Waals surface area contributed by atoms with Crippen molar-refractivity contribution >= 4 is 17.4 Å². The molecule has 2 N–H and O–H groups in total. The average molecular weight is 249 g/mol. The van der Waals surface area contributed by atoms with Crippen molar-refractivity contribution in [3.8, 4) is 0 Å². The molecule has 92 valence electrons. The summed E-state index contributed by atoms with van der Waals surface area (Å²) in [7, 11) is 0. The number of imidazole rings is 1. The molecule has 0 spiro atoms. The Morgan fingerprint density at radius 2 is 2.24 bits per heavy atom. The lowest BCUT2D eigenvalue weighted by Gasteiger charge is -2.02. The smallest absolute Gasteiger partial charge is 0.137 e. The zero-order valence-corrected chi connectivity index (χ0v) is 11.2. The lowest BCUT2D eigenvalue weighted by molar-refractivity contribution is 0.721. The Kier molecular flexibility index (Phi) is 4.07. The predicted molar refractivity (Wildman–Crippen MR) is 74.4 cm³/mol. The maximum Gasteiger partial charge on any atom is 0.137 e. The van der Waals surface area contributed by atoms with Crippen LogP contribution in [0.5, 0.6) is 0 Å². The highest BCUT2D eigenvalue weighted by atomic mass is 32.2. The molecule has 17 heavy (non-hydrogen) atoms. The van der Waals surface area contributed by atoms with E-state index in [4.69, 9.17) is 5.73 Å². The largest absolute Gasteiger partial charge is 0.328 e. The number of aryl methyl sites for hydroxylation is 1. The third-order valence-electron chi connectivity index (χ3n) is 2.62. The first-order valence-electron chi connectivity index (χ1n) is 5.93. The molecule has 1 atom stereocenters. The maximum atomic E-state index is 5.72. The molecular formula is C13H19N3S. The van der Waals surface area contributed by atoms with Crippen LogP contribution in [0.3, 0.4) is 0 Å². The molecule has 0 aliphatic carbocycles. The second-order valence-corrected chi connectivity index (χ2v) is 5.63. The summed E-state index contributed by atoms with van der Waals surface area (Å²) >= 11 is 1.90. The summed E-state index contributed by atoms with van der Waals surface area (Å²) in [6.45, 7) is 4.14. The average Bonchev–Trinajstić information content (AvgIpc) is 2.66. The van der Waals surface area contributed by atoms with Gasteiger partial charge in [0.2, 0.25) is 0 Å². The van der Waals surface area contributed by atoms with Gasteiger partial charge in [0.1, 0.15) is 5.65 Å². The summed E-state index contributed by atoms with van der Waals surface area (Å²) in [6, 6.07) is 4.45. The third-order valence-corrected chi connectivity index (χ3v) is 3.64. The van der Waals surface area contributed by atoms with E-state index in [0.717, 1.165) is 29.3 Å². The molecule has 0 saturated heterocycles. The molecule has 0 bridgehead atoms. The Morgan fingerprint density at radius 3 is 3.00 bits per heavy atom. The monoisotopic (exact) mass is 249 g/mol. The number of nitrogens with zero attached hydrogens (tertiary/aromatic N) is 2. The van der Waals surface area contributed by atoms with Gasteiger partial charge in [-0.3, -0.25) is 0 Å². The fourth-order valence-corrected chi connectivity index (χ4v) is 2.70. The molecule has 0 aliphatic rings. The van der Waals surface area contributed by atoms with Crippen molar-refractivity contribution in [2.45, 2.75) is 32.1 Å². The van der Waals surface area contributed by atoms with Gasteiger partial charge in [-0.25, -0.2) is 4.98 Å². The first-order valence-corrected chi connectivity index (χ1v) is 7.08. The van der Waals surface area contributed by atoms with Gasteiger partial charge < -0.3 is 10.1 Å². The fourth-order valence-electron chi connectivity index (χ4n) is 1.67. The maximum absolute atomic E-state index is 5.72. The minimum absolute atomic E-state index is 0.297. The van der Waals surface area contributed by atoms with E-state index in [0.29, 0.717) is 6.04 Å². The highest BCUT2D eigenvalue weighted by molar-refractivity contribution is 7.98. The van der Waals surface area contributed by atoms with E-state index in [-0.39, 0.29) is 0 Å². The van der Waals surface area contributed by atoms with Crippen LogP contribution in [0.2, 0.25) is 0 Å². The van der Waals surface area contributed by atoms with Gasteiger partial charge in [0, 0.05) is 24.2 Å². The van der Waals surface area contributed by atoms with Crippen molar-refractivity contribution in [3.63, 3.8) is 0 Å². The van der Waals surface area contributed by atoms with E-state index < -0.39 is 0 Å². The normalized spacial score (nSPS) is 13.1. The predicted octanol–water partition coefficient (Wildman–Crippen LogP) is 2.61. The summed E-state index contributed by atoms with van der Waals surface area (Å²) in [4.78, 5) is 4.58. The quantitative estimate of drug-likeness (QED) is 0.828. The molecular weight excluding hydrogens is 230 g/mol. The molecule has 3 nitrogen and oxygen atoms in total. The SMILES string of the molecule is Cc1ccc2nc(CSCCC(C)N)cn2c1. The van der Waals surface area contributed by atoms with Crippen molar-refractivity contribution in [1.29, 1.82) is 0 Å². The number of hydrogen-bond donors (Lipinski definition) is 1. The third kappa shape index (κ3) is 3.48. The Morgan fingerprint density at radius 1 is 1.41 bits per heavy atom. The molecule has 2 aromatic heterocycles. The molecule has 0 fully saturated rings. The lowest BCUT2D eigenvalue weighted by atomic mass is 10.3. The summed E-state index contributed by atoms with van der Waals surface area (Å²) in [5.74, 6) is 2.07. The Labute approximate surface area is 106 Å². The second kappa shape index (κ2) is 5.56. The van der Waals surface area contributed by atoms with Gasteiger partial charge in [-0.15, -0.1) is 0 Å². The molecule has 0 radical (unpaired) electrons. The topological polar surface area (TPSA) is 43.3 Å². The van der Waals surface area contributed by atoms with Gasteiger partial charge in [-0.2, -0.15) is 11.8 Å². The van der Waals surface area contributed by atoms with E-state index in [9.17, 15) is 0 Å². The first-order chi connectivity index (χ1) is 8.15. The van der Waals surface area contributed by atoms with Crippen LogP contribution >= 0.6 is 11.8 Å². The molecule has 2 heterocycles. The van der Waals surface area contributed by atoms with Crippen molar-refractivity contribution in [3.05, 3.63) is 35.8 Å². The summed E-state index contributed by atoms with van der Waals surface area (Å²) < 4.78 is 2.09. The van der Waals surface area contributed by atoms with Gasteiger partial charge in [0.15, 0.2) is 0 Å². The number of rotatable bonds is 5. The second-order valence-electron chi connectivity index (χ2n) is 4.52. The summed E-state index contributed by atoms with van der Waals surface area (Å²) in [5.41, 5.74) is 9.14. The molecule has 0 aliphatic heterocycles. The zero-order chi connectivity index (χ0) is 12.3. The molecule has 0 saturated carbocycles. The molecule has 1 unspecified atom stereocenters. The molecule has 0 aromatic carbocycles. The van der Waals surface area contributed by atoms with Gasteiger partial charge >= 0.3 is 0 Å². The summed E-state index contributed by atoms with van der Waals surface area (Å²) in [6.07, 6.45) is 5.29. The number of aromatic nitrogens is 2. The number of hydrogen-bond acceptors (Lipinski definition) is 3. The number of thioether (sulfide) groups is 1. The Hall–Kier alpha value is -1.00. The summed E-state index contributed by atoms with van der Waals surface area (Å²) in [5, 5.41) is 0. The van der Waals surface area contributed by atoms with E-state index in [1.807, 2.05) is 18.7 Å². The van der Waals surface area contributed by atoms with Crippen molar-refractivity contribution < 1.29 is 0 Å². The number of pyridine rings is 1. The molecule has 0 amide bonds. The van der Waals surface area contributed by atoms with Crippen LogP contribution in [0.4, 0.5) is 0 Å². The standard InChI is InChI=1S/C13H19N3S/c1-10-3-4-13-15-12(8-16(13)7-10)9-17-6-5-11(2)14/h3-4,7-8,11H,5-6,9,14H2,1-2H3. The van der Waals surface area contributed by atoms with E-state index in [1.165, 1.54) is 5.56 Å². The van der Waals surface area contributed by atoms with E-state index >= 15 is 0 Å². The van der Waals surface area contributed by atoms with Crippen LogP contribution in [-0.2, 0) is 5.75 Å². The zero-order valence-electron chi connectivity index (χ0n) is 10.4. The molecule has 2 rings (SSSR count). The van der Waals surface area contributed by atoms with Crippen molar-refractivity contribution in [2.75, 3.05) is 5.75 Å². The van der Waals surface area contributed by atoms with E-state index in [1.54, 1.807) is 0 Å². The van der Waals surface area contributed by atoms with Gasteiger partial charge in [-0.05, 0) is 37.7 Å². The number of nitrogens with two attached hydrogens (primary N) is 1. The van der Waals surface area contributed by atoms with Gasteiger partial charge in [-0.1, -0.05) is 6.07 Å². The van der Waals surface area contributed by atoms with Crippen LogP contribution in [0, 0.1) is 6.92 Å². The minimum atomic E-state index is 0.297. The van der Waals surface area contributed by atoms with Crippen molar-refractivity contribution in [2.24, 2.45) is 5.73 Å². The lowest BCUT2D eigenvalue weighted by Crippen LogP contribution is -2.15. The highest BCUT2D eigenvalue weighted by Crippen LogP contribution is 2.14. The number of fused-ring (bicyclic) bond motifs is 1. The van der Waals surface area contributed by atoms with E-state index in [2.05, 4.69) is 40.8 Å². The van der Waals surface area contributed by atoms with Crippen LogP contribution in [0.1, 0.15) is 24.6 Å². The van der Waals surface area contributed by atoms with Crippen molar-refractivity contribution in [1.82, 2.24) is 9.38 Å².